The molecule has 2 aliphatic rings. The van der Waals surface area contributed by atoms with Gasteiger partial charge in [-0.25, -0.2) is 0 Å². The van der Waals surface area contributed by atoms with Crippen molar-refractivity contribution in [3.63, 3.8) is 0 Å². The van der Waals surface area contributed by atoms with Crippen molar-refractivity contribution in [2.24, 2.45) is 10.8 Å². The molecule has 3 aromatic carbocycles. The van der Waals surface area contributed by atoms with Gasteiger partial charge in [0.05, 0.1) is 47.6 Å². The topological polar surface area (TPSA) is 174 Å². The minimum atomic E-state index is -1.84. The molecule has 2 aliphatic heterocycles. The van der Waals surface area contributed by atoms with Gasteiger partial charge in [0, 0.05) is 45.6 Å². The third kappa shape index (κ3) is 12.3. The molecule has 314 valence electrons. The van der Waals surface area contributed by atoms with Crippen molar-refractivity contribution in [2.45, 2.75) is 98.5 Å². The predicted molar refractivity (Wildman–Crippen MR) is 207 cm³/mol. The van der Waals surface area contributed by atoms with Gasteiger partial charge in [-0.15, -0.1) is 0 Å². The first kappa shape index (κ1) is 49.7. The molecule has 0 saturated heterocycles. The van der Waals surface area contributed by atoms with E-state index in [9.17, 15) is 39.6 Å². The number of benzene rings is 3. The zero-order chi connectivity index (χ0) is 40.7. The van der Waals surface area contributed by atoms with Gasteiger partial charge in [0.2, 0.25) is 0 Å². The van der Waals surface area contributed by atoms with Crippen LogP contribution in [0.1, 0.15) is 120 Å². The summed E-state index contributed by atoms with van der Waals surface area (Å²) in [4.78, 5) is 52.3. The second-order valence-electron chi connectivity index (χ2n) is 15.9. The van der Waals surface area contributed by atoms with Crippen LogP contribution in [0, 0.1) is 10.8 Å². The van der Waals surface area contributed by atoms with Gasteiger partial charge in [0.25, 0.3) is 23.6 Å². The Hall–Kier alpha value is -3.47. The first-order valence-corrected chi connectivity index (χ1v) is 18.5. The number of carbonyl (C=O) groups is 4. The van der Waals surface area contributed by atoms with E-state index in [0.717, 1.165) is 46.6 Å². The Labute approximate surface area is 360 Å². The van der Waals surface area contributed by atoms with E-state index in [4.69, 9.17) is 9.47 Å². The second kappa shape index (κ2) is 21.5. The fourth-order valence-corrected chi connectivity index (χ4v) is 6.77. The largest absolute Gasteiger partial charge is 0.494 e. The van der Waals surface area contributed by atoms with Crippen LogP contribution < -0.4 is 4.74 Å². The Morgan fingerprint density at radius 1 is 0.614 bits per heavy atom. The van der Waals surface area contributed by atoms with E-state index in [0.29, 0.717) is 36.7 Å². The van der Waals surface area contributed by atoms with E-state index in [2.05, 4.69) is 6.58 Å². The molecular formula is C43H54N2O10Rh2. The zero-order valence-corrected chi connectivity index (χ0v) is 36.5. The zero-order valence-electron chi connectivity index (χ0n) is 33.2. The molecule has 57 heavy (non-hydrogen) atoms. The number of fused-ring (bicyclic) bond motifs is 2. The van der Waals surface area contributed by atoms with Crippen LogP contribution in [0.5, 0.6) is 5.75 Å². The third-order valence-corrected chi connectivity index (χ3v) is 9.55. The number of imide groups is 2. The standard InChI is InChI=1S/C29H37NO6.C14H17NO4.2Rh/c1-5-20-10-12-21(13-11-20)19-35-16-8-6-7-9-17-36-22-14-15-23-24(18-22)27(32)30(26(23)31)25(28(33)34)29(2,3)4;1-14(2,3)10(13(18)19)15-11(16)8-6-4-5-7-9(8)12(15)17;;/h5,10-15,18,25,28,33-34H,1,6-9,16-17,19H2,2-4H3;4-7,10,13,18-19H,1-3H3;;/t25-;10-;;/m11../s1. The first-order valence-electron chi connectivity index (χ1n) is 18.5. The van der Waals surface area contributed by atoms with Crippen LogP contribution in [-0.4, -0.2) is 91.7 Å². The number of aliphatic hydroxyl groups is 4. The van der Waals surface area contributed by atoms with Crippen molar-refractivity contribution in [3.05, 3.63) is 107 Å². The number of hydrogen-bond donors (Lipinski definition) is 4. The molecule has 4 N–H and O–H groups in total. The predicted octanol–water partition coefficient (Wildman–Crippen LogP) is 5.81. The molecule has 0 fully saturated rings. The van der Waals surface area contributed by atoms with Crippen molar-refractivity contribution in [3.8, 4) is 5.75 Å². The van der Waals surface area contributed by atoms with Crippen molar-refractivity contribution in [2.75, 3.05) is 13.2 Å². The molecule has 0 aromatic heterocycles. The quantitative estimate of drug-likeness (QED) is 0.0631. The number of ether oxygens (including phenoxy) is 2. The maximum Gasteiger partial charge on any atom is 0.262 e. The van der Waals surface area contributed by atoms with Gasteiger partial charge in [0.1, 0.15) is 5.75 Å². The number of nitrogens with zero attached hydrogens (tertiary/aromatic N) is 2. The summed E-state index contributed by atoms with van der Waals surface area (Å²) in [5.74, 6) is -1.50. The molecule has 0 aliphatic carbocycles. The average Bonchev–Trinajstić information content (AvgIpc) is 3.50. The van der Waals surface area contributed by atoms with Gasteiger partial charge < -0.3 is 29.9 Å². The molecule has 0 bridgehead atoms. The summed E-state index contributed by atoms with van der Waals surface area (Å²) in [6.45, 7) is 16.1. The van der Waals surface area contributed by atoms with Crippen molar-refractivity contribution in [1.29, 1.82) is 0 Å². The molecule has 14 heteroatoms. The third-order valence-electron chi connectivity index (χ3n) is 9.55. The van der Waals surface area contributed by atoms with E-state index in [1.54, 1.807) is 84.0 Å². The summed E-state index contributed by atoms with van der Waals surface area (Å²) in [6, 6.07) is 17.4. The summed E-state index contributed by atoms with van der Waals surface area (Å²) < 4.78 is 11.6. The monoisotopic (exact) mass is 964 g/mol. The van der Waals surface area contributed by atoms with Gasteiger partial charge in [-0.1, -0.05) is 97.0 Å². The van der Waals surface area contributed by atoms with Crippen molar-refractivity contribution in [1.82, 2.24) is 9.80 Å². The molecule has 2 atom stereocenters. The van der Waals surface area contributed by atoms with Gasteiger partial charge in [-0.2, -0.15) is 0 Å². The van der Waals surface area contributed by atoms with Crippen LogP contribution in [0.25, 0.3) is 6.08 Å². The van der Waals surface area contributed by atoms with Crippen LogP contribution in [0.2, 0.25) is 0 Å². The Bertz CT molecular complexity index is 1820. The van der Waals surface area contributed by atoms with E-state index in [1.165, 1.54) is 0 Å². The van der Waals surface area contributed by atoms with Crippen LogP contribution >= 0.6 is 0 Å². The van der Waals surface area contributed by atoms with Crippen LogP contribution in [-0.2, 0) is 50.3 Å². The summed E-state index contributed by atoms with van der Waals surface area (Å²) in [7, 11) is 0. The molecule has 3 aromatic rings. The molecule has 0 saturated carbocycles. The number of unbranched alkanes of at least 4 members (excludes halogenated alkanes) is 3. The number of amides is 4. The molecule has 5 rings (SSSR count). The maximum atomic E-state index is 13.0. The van der Waals surface area contributed by atoms with Crippen LogP contribution in [0.3, 0.4) is 0 Å². The van der Waals surface area contributed by atoms with Crippen molar-refractivity contribution >= 4 is 29.7 Å². The molecule has 12 nitrogen and oxygen atoms in total. The van der Waals surface area contributed by atoms with Crippen LogP contribution in [0.15, 0.2) is 73.3 Å². The Balaban J connectivity index is 0.000000452. The normalized spacial score (nSPS) is 14.7. The smallest absolute Gasteiger partial charge is 0.262 e. The van der Waals surface area contributed by atoms with E-state index in [-0.39, 0.29) is 50.1 Å². The minimum absolute atomic E-state index is 0. The summed E-state index contributed by atoms with van der Waals surface area (Å²) >= 11 is 0. The summed E-state index contributed by atoms with van der Waals surface area (Å²) in [5.41, 5.74) is 1.99. The second-order valence-corrected chi connectivity index (χ2v) is 15.9. The number of rotatable bonds is 15. The van der Waals surface area contributed by atoms with Gasteiger partial charge in [0.15, 0.2) is 12.6 Å². The number of aliphatic hydroxyl groups excluding tert-OH is 2. The molecule has 0 spiro atoms. The van der Waals surface area contributed by atoms with Crippen molar-refractivity contribution < 1.29 is 88.0 Å². The molecule has 4 amide bonds. The van der Waals surface area contributed by atoms with Gasteiger partial charge >= 0.3 is 0 Å². The van der Waals surface area contributed by atoms with E-state index >= 15 is 0 Å². The fourth-order valence-electron chi connectivity index (χ4n) is 6.77. The van der Waals surface area contributed by atoms with E-state index < -0.39 is 59.1 Å². The fraction of sp³-hybridized carbons (Fsp3) is 0.442. The first-order chi connectivity index (χ1) is 25.9. The molecular weight excluding hydrogens is 910 g/mol. The number of hydrogen-bond acceptors (Lipinski definition) is 10. The summed E-state index contributed by atoms with van der Waals surface area (Å²) in [6.07, 6.45) is 2.07. The van der Waals surface area contributed by atoms with Gasteiger partial charge in [-0.3, -0.25) is 29.0 Å². The Kier molecular flexibility index (Phi) is 18.7. The number of carbonyl (C=O) groups excluding carboxylic acids is 4. The molecule has 2 heterocycles. The molecule has 0 unspecified atom stereocenters. The summed E-state index contributed by atoms with van der Waals surface area (Å²) in [5, 5.41) is 38.8. The van der Waals surface area contributed by atoms with Crippen LogP contribution in [0.4, 0.5) is 0 Å². The SMILES string of the molecule is C=Cc1ccc(COCCCCCCOc2ccc3c(c2)C(=O)N([C@H](C(O)O)C(C)(C)C)C3=O)cc1.CC(C)(C)[C@@H](C(O)O)N1C(=O)c2ccccc2C1=O.[Rh].[Rh]. The Morgan fingerprint density at radius 2 is 1.05 bits per heavy atom. The van der Waals surface area contributed by atoms with Gasteiger partial charge in [-0.05, 0) is 71.6 Å². The average molecular weight is 965 g/mol. The molecule has 2 radical (unpaired) electrons. The maximum absolute atomic E-state index is 13.0. The van der Waals surface area contributed by atoms with E-state index in [1.807, 2.05) is 30.3 Å². The minimum Gasteiger partial charge on any atom is -0.494 e. The Morgan fingerprint density at radius 3 is 1.49 bits per heavy atom.